The molecule has 1 aliphatic heterocycles. The standard InChI is InChI=1S/C16H23NO4/c1-5-17-15(16(18)19-4)12-9-13-11(7-10(3)21-13)8-14(12)20-6-2/h8-10,15,17H,5-7H2,1-4H3. The minimum Gasteiger partial charge on any atom is -0.494 e. The number of hydrogen-bond acceptors (Lipinski definition) is 5. The minimum atomic E-state index is -0.550. The number of fused-ring (bicyclic) bond motifs is 1. The van der Waals surface area contributed by atoms with E-state index in [-0.39, 0.29) is 12.1 Å². The van der Waals surface area contributed by atoms with E-state index in [4.69, 9.17) is 14.2 Å². The van der Waals surface area contributed by atoms with Crippen LogP contribution in [-0.2, 0) is 16.0 Å². The van der Waals surface area contributed by atoms with Crippen LogP contribution < -0.4 is 14.8 Å². The first-order valence-electron chi connectivity index (χ1n) is 7.38. The molecule has 0 bridgehead atoms. The zero-order chi connectivity index (χ0) is 15.4. The second-order valence-electron chi connectivity index (χ2n) is 5.08. The smallest absolute Gasteiger partial charge is 0.327 e. The Balaban J connectivity index is 2.44. The molecule has 0 aromatic heterocycles. The van der Waals surface area contributed by atoms with Crippen molar-refractivity contribution in [2.24, 2.45) is 0 Å². The highest BCUT2D eigenvalue weighted by Crippen LogP contribution is 2.38. The van der Waals surface area contributed by atoms with Gasteiger partial charge in [-0.1, -0.05) is 6.92 Å². The van der Waals surface area contributed by atoms with Gasteiger partial charge in [-0.25, -0.2) is 4.79 Å². The summed E-state index contributed by atoms with van der Waals surface area (Å²) in [6.45, 7) is 7.10. The summed E-state index contributed by atoms with van der Waals surface area (Å²) in [4.78, 5) is 12.0. The second kappa shape index (κ2) is 6.80. The third kappa shape index (κ3) is 3.29. The summed E-state index contributed by atoms with van der Waals surface area (Å²) in [6.07, 6.45) is 1.01. The second-order valence-corrected chi connectivity index (χ2v) is 5.08. The third-order valence-electron chi connectivity index (χ3n) is 3.48. The lowest BCUT2D eigenvalue weighted by Gasteiger charge is -2.20. The highest BCUT2D eigenvalue weighted by Gasteiger charge is 2.28. The van der Waals surface area contributed by atoms with Gasteiger partial charge >= 0.3 is 5.97 Å². The van der Waals surface area contributed by atoms with Gasteiger partial charge in [0.25, 0.3) is 0 Å². The zero-order valence-corrected chi connectivity index (χ0v) is 13.1. The van der Waals surface area contributed by atoms with E-state index in [9.17, 15) is 4.79 Å². The SMILES string of the molecule is CCNC(C(=O)OC)c1cc2c(cc1OCC)CC(C)O2. The van der Waals surface area contributed by atoms with Crippen molar-refractivity contribution in [3.8, 4) is 11.5 Å². The fourth-order valence-corrected chi connectivity index (χ4v) is 2.60. The van der Waals surface area contributed by atoms with Crippen LogP contribution in [0.1, 0.15) is 37.9 Å². The van der Waals surface area contributed by atoms with Crippen molar-refractivity contribution in [1.82, 2.24) is 5.32 Å². The molecule has 0 saturated heterocycles. The molecular weight excluding hydrogens is 270 g/mol. The normalized spacial score (nSPS) is 17.8. The number of methoxy groups -OCH3 is 1. The molecule has 5 heteroatoms. The van der Waals surface area contributed by atoms with E-state index in [2.05, 4.69) is 5.32 Å². The molecule has 0 amide bonds. The van der Waals surface area contributed by atoms with Gasteiger partial charge in [-0.05, 0) is 32.5 Å². The molecule has 2 rings (SSSR count). The Morgan fingerprint density at radius 3 is 2.86 bits per heavy atom. The van der Waals surface area contributed by atoms with Crippen molar-refractivity contribution in [3.05, 3.63) is 23.3 Å². The van der Waals surface area contributed by atoms with Gasteiger partial charge in [-0.15, -0.1) is 0 Å². The molecular formula is C16H23NO4. The Morgan fingerprint density at radius 2 is 2.24 bits per heavy atom. The number of ether oxygens (including phenoxy) is 3. The fourth-order valence-electron chi connectivity index (χ4n) is 2.60. The van der Waals surface area contributed by atoms with E-state index in [1.807, 2.05) is 32.9 Å². The Labute approximate surface area is 125 Å². The van der Waals surface area contributed by atoms with Gasteiger partial charge < -0.3 is 19.5 Å². The molecule has 1 heterocycles. The summed E-state index contributed by atoms with van der Waals surface area (Å²) in [7, 11) is 1.39. The number of hydrogen-bond donors (Lipinski definition) is 1. The molecule has 2 unspecified atom stereocenters. The fraction of sp³-hybridized carbons (Fsp3) is 0.562. The van der Waals surface area contributed by atoms with Crippen LogP contribution in [0.4, 0.5) is 0 Å². The number of esters is 1. The molecule has 1 aliphatic rings. The highest BCUT2D eigenvalue weighted by molar-refractivity contribution is 5.79. The van der Waals surface area contributed by atoms with Crippen LogP contribution in [0.3, 0.4) is 0 Å². The summed E-state index contributed by atoms with van der Waals surface area (Å²) in [6, 6.07) is 3.32. The van der Waals surface area contributed by atoms with Crippen molar-refractivity contribution in [2.75, 3.05) is 20.3 Å². The average Bonchev–Trinajstić information content (AvgIpc) is 2.82. The largest absolute Gasteiger partial charge is 0.494 e. The van der Waals surface area contributed by atoms with Gasteiger partial charge in [0.05, 0.1) is 13.7 Å². The van der Waals surface area contributed by atoms with Crippen LogP contribution in [0, 0.1) is 0 Å². The van der Waals surface area contributed by atoms with Gasteiger partial charge in [0.2, 0.25) is 0 Å². The zero-order valence-electron chi connectivity index (χ0n) is 13.1. The molecule has 0 radical (unpaired) electrons. The van der Waals surface area contributed by atoms with Gasteiger partial charge in [-0.2, -0.15) is 0 Å². The maximum Gasteiger partial charge on any atom is 0.327 e. The number of likely N-dealkylation sites (N-methyl/N-ethyl adjacent to an activating group) is 1. The molecule has 1 N–H and O–H groups in total. The molecule has 5 nitrogen and oxygen atoms in total. The lowest BCUT2D eigenvalue weighted by Crippen LogP contribution is -2.30. The summed E-state index contributed by atoms with van der Waals surface area (Å²) in [5.74, 6) is 1.21. The van der Waals surface area contributed by atoms with Gasteiger partial charge in [0.1, 0.15) is 23.6 Å². The van der Waals surface area contributed by atoms with Crippen molar-refractivity contribution >= 4 is 5.97 Å². The lowest BCUT2D eigenvalue weighted by molar-refractivity contribution is -0.143. The Bertz CT molecular complexity index is 515. The molecule has 0 saturated carbocycles. The highest BCUT2D eigenvalue weighted by atomic mass is 16.5. The molecule has 0 aliphatic carbocycles. The Kier molecular flexibility index (Phi) is 5.07. The van der Waals surface area contributed by atoms with Crippen molar-refractivity contribution in [2.45, 2.75) is 39.3 Å². The average molecular weight is 293 g/mol. The molecule has 1 aromatic rings. The molecule has 2 atom stereocenters. The maximum absolute atomic E-state index is 12.0. The van der Waals surface area contributed by atoms with Crippen molar-refractivity contribution in [3.63, 3.8) is 0 Å². The molecule has 0 spiro atoms. The van der Waals surface area contributed by atoms with Gasteiger partial charge in [0.15, 0.2) is 0 Å². The lowest BCUT2D eigenvalue weighted by atomic mass is 10.0. The topological polar surface area (TPSA) is 56.8 Å². The van der Waals surface area contributed by atoms with E-state index in [0.29, 0.717) is 18.9 Å². The first kappa shape index (κ1) is 15.6. The molecule has 116 valence electrons. The maximum atomic E-state index is 12.0. The van der Waals surface area contributed by atoms with Crippen LogP contribution in [-0.4, -0.2) is 32.3 Å². The first-order chi connectivity index (χ1) is 10.1. The van der Waals surface area contributed by atoms with Crippen LogP contribution in [0.2, 0.25) is 0 Å². The van der Waals surface area contributed by atoms with Gasteiger partial charge in [0, 0.05) is 17.5 Å². The van der Waals surface area contributed by atoms with E-state index in [1.54, 1.807) is 0 Å². The monoisotopic (exact) mass is 293 g/mol. The molecule has 1 aromatic carbocycles. The summed E-state index contributed by atoms with van der Waals surface area (Å²) >= 11 is 0. The number of rotatable bonds is 6. The minimum absolute atomic E-state index is 0.153. The van der Waals surface area contributed by atoms with E-state index in [1.165, 1.54) is 7.11 Å². The number of benzene rings is 1. The van der Waals surface area contributed by atoms with E-state index in [0.717, 1.165) is 23.3 Å². The van der Waals surface area contributed by atoms with Crippen LogP contribution >= 0.6 is 0 Å². The van der Waals surface area contributed by atoms with E-state index >= 15 is 0 Å². The van der Waals surface area contributed by atoms with Crippen LogP contribution in [0.15, 0.2) is 12.1 Å². The third-order valence-corrected chi connectivity index (χ3v) is 3.48. The Morgan fingerprint density at radius 1 is 1.48 bits per heavy atom. The number of carbonyl (C=O) groups is 1. The summed E-state index contributed by atoms with van der Waals surface area (Å²) in [5, 5.41) is 3.14. The quantitative estimate of drug-likeness (QED) is 0.815. The van der Waals surface area contributed by atoms with E-state index < -0.39 is 6.04 Å². The predicted octanol–water partition coefficient (Wildman–Crippen LogP) is 2.23. The van der Waals surface area contributed by atoms with Gasteiger partial charge in [-0.3, -0.25) is 0 Å². The summed E-state index contributed by atoms with van der Waals surface area (Å²) < 4.78 is 16.4. The number of carbonyl (C=O) groups excluding carboxylic acids is 1. The van der Waals surface area contributed by atoms with Crippen molar-refractivity contribution in [1.29, 1.82) is 0 Å². The van der Waals surface area contributed by atoms with Crippen molar-refractivity contribution < 1.29 is 19.0 Å². The first-order valence-corrected chi connectivity index (χ1v) is 7.38. The van der Waals surface area contributed by atoms with Crippen LogP contribution in [0.5, 0.6) is 11.5 Å². The molecule has 21 heavy (non-hydrogen) atoms. The molecule has 0 fully saturated rings. The summed E-state index contributed by atoms with van der Waals surface area (Å²) in [5.41, 5.74) is 1.88. The predicted molar refractivity (Wildman–Crippen MR) is 79.8 cm³/mol. The Hall–Kier alpha value is -1.75. The number of nitrogens with one attached hydrogen (secondary N) is 1. The van der Waals surface area contributed by atoms with Crippen LogP contribution in [0.25, 0.3) is 0 Å².